The lowest BCUT2D eigenvalue weighted by atomic mass is 10.1. The Kier molecular flexibility index (Phi) is 2.35. The number of hydrogen-bond acceptors (Lipinski definition) is 3. The first-order valence-electron chi connectivity index (χ1n) is 6.11. The average molecular weight is 206 g/mol. The van der Waals surface area contributed by atoms with Gasteiger partial charge in [0.25, 0.3) is 0 Å². The van der Waals surface area contributed by atoms with E-state index in [0.717, 1.165) is 25.3 Å². The van der Waals surface area contributed by atoms with Crippen molar-refractivity contribution in [3.8, 4) is 0 Å². The van der Waals surface area contributed by atoms with Crippen LogP contribution in [0, 0.1) is 5.92 Å². The molecule has 0 unspecified atom stereocenters. The summed E-state index contributed by atoms with van der Waals surface area (Å²) in [5.74, 6) is 0.853. The zero-order valence-electron chi connectivity index (χ0n) is 9.08. The number of nitrogens with zero attached hydrogens (tertiary/aromatic N) is 3. The monoisotopic (exact) mass is 206 g/mol. The van der Waals surface area contributed by atoms with E-state index in [1.165, 1.54) is 43.5 Å². The van der Waals surface area contributed by atoms with Crippen molar-refractivity contribution in [3.63, 3.8) is 0 Å². The normalized spacial score (nSPS) is 20.8. The summed E-state index contributed by atoms with van der Waals surface area (Å²) in [6.07, 6.45) is 9.06. The molecule has 1 aromatic heterocycles. The molecule has 3 rings (SSSR count). The van der Waals surface area contributed by atoms with Gasteiger partial charge in [-0.1, -0.05) is 12.8 Å². The summed E-state index contributed by atoms with van der Waals surface area (Å²) in [5, 5.41) is 8.35. The van der Waals surface area contributed by atoms with E-state index in [0.29, 0.717) is 0 Å². The molecule has 1 N–H and O–H groups in total. The molecule has 15 heavy (non-hydrogen) atoms. The van der Waals surface area contributed by atoms with Crippen LogP contribution in [0.4, 0.5) is 0 Å². The summed E-state index contributed by atoms with van der Waals surface area (Å²) < 4.78 is 0. The van der Waals surface area contributed by atoms with E-state index in [1.807, 2.05) is 4.79 Å². The molecule has 82 valence electrons. The minimum atomic E-state index is 0.853. The zero-order chi connectivity index (χ0) is 10.1. The molecule has 0 aliphatic heterocycles. The molecule has 0 spiro atoms. The molecule has 0 atom stereocenters. The van der Waals surface area contributed by atoms with E-state index in [9.17, 15) is 0 Å². The van der Waals surface area contributed by atoms with Crippen molar-refractivity contribution in [2.24, 2.45) is 5.92 Å². The van der Waals surface area contributed by atoms with Gasteiger partial charge in [-0.3, -0.25) is 0 Å². The van der Waals surface area contributed by atoms with E-state index in [4.69, 9.17) is 0 Å². The van der Waals surface area contributed by atoms with Crippen LogP contribution in [0.5, 0.6) is 0 Å². The first kappa shape index (κ1) is 9.19. The molecule has 0 amide bonds. The van der Waals surface area contributed by atoms with Crippen molar-refractivity contribution < 1.29 is 0 Å². The van der Waals surface area contributed by atoms with Gasteiger partial charge in [0.15, 0.2) is 0 Å². The lowest BCUT2D eigenvalue weighted by molar-refractivity contribution is 0.528. The van der Waals surface area contributed by atoms with Crippen LogP contribution in [0.3, 0.4) is 0 Å². The molecule has 1 aromatic rings. The Morgan fingerprint density at radius 3 is 2.93 bits per heavy atom. The highest BCUT2D eigenvalue weighted by atomic mass is 15.6. The Hall–Kier alpha value is -1.06. The number of nitrogens with one attached hydrogen (secondary N) is 1. The minimum absolute atomic E-state index is 0.853. The maximum atomic E-state index is 4.19. The van der Waals surface area contributed by atoms with Crippen LogP contribution in [-0.4, -0.2) is 21.6 Å². The van der Waals surface area contributed by atoms with Crippen LogP contribution in [-0.2, 0) is 12.8 Å². The van der Waals surface area contributed by atoms with E-state index in [1.54, 1.807) is 0 Å². The summed E-state index contributed by atoms with van der Waals surface area (Å²) in [5.41, 5.74) is 5.93. The molecule has 4 nitrogen and oxygen atoms in total. The summed E-state index contributed by atoms with van der Waals surface area (Å²) in [7, 11) is 0. The van der Waals surface area contributed by atoms with Gasteiger partial charge < -0.3 is 5.43 Å². The fraction of sp³-hybridized carbons (Fsp3) is 0.818. The van der Waals surface area contributed by atoms with Crippen molar-refractivity contribution in [1.29, 1.82) is 0 Å². The Labute approximate surface area is 90.0 Å². The van der Waals surface area contributed by atoms with Gasteiger partial charge >= 0.3 is 0 Å². The van der Waals surface area contributed by atoms with Crippen molar-refractivity contribution in [2.75, 3.05) is 12.0 Å². The minimum Gasteiger partial charge on any atom is -0.308 e. The third-order valence-corrected chi connectivity index (χ3v) is 3.68. The van der Waals surface area contributed by atoms with Crippen molar-refractivity contribution in [2.45, 2.75) is 44.9 Å². The van der Waals surface area contributed by atoms with E-state index in [-0.39, 0.29) is 0 Å². The summed E-state index contributed by atoms with van der Waals surface area (Å²) in [6.45, 7) is 1.07. The number of aryl methyl sites for hydroxylation is 1. The SMILES string of the molecule is C1Cc2nnn(NCC3CCCC3)c2C1. The van der Waals surface area contributed by atoms with Crippen molar-refractivity contribution in [1.82, 2.24) is 15.1 Å². The molecule has 1 fully saturated rings. The zero-order valence-corrected chi connectivity index (χ0v) is 9.08. The van der Waals surface area contributed by atoms with Crippen molar-refractivity contribution in [3.05, 3.63) is 11.4 Å². The number of aromatic nitrogens is 3. The topological polar surface area (TPSA) is 42.7 Å². The lowest BCUT2D eigenvalue weighted by Gasteiger charge is -2.12. The third kappa shape index (κ3) is 1.73. The number of fused-ring (bicyclic) bond motifs is 1. The van der Waals surface area contributed by atoms with Gasteiger partial charge in [0.1, 0.15) is 0 Å². The molecule has 1 saturated carbocycles. The highest BCUT2D eigenvalue weighted by Crippen LogP contribution is 2.24. The molecule has 0 bridgehead atoms. The molecule has 0 aromatic carbocycles. The molecular formula is C11H18N4. The third-order valence-electron chi connectivity index (χ3n) is 3.68. The predicted octanol–water partition coefficient (Wildman–Crippen LogP) is 1.50. The first-order chi connectivity index (χ1) is 7.43. The first-order valence-corrected chi connectivity index (χ1v) is 6.11. The Balaban J connectivity index is 1.61. The molecule has 2 aliphatic carbocycles. The fourth-order valence-electron chi connectivity index (χ4n) is 2.76. The Morgan fingerprint density at radius 1 is 1.20 bits per heavy atom. The maximum Gasteiger partial charge on any atom is 0.0881 e. The van der Waals surface area contributed by atoms with E-state index < -0.39 is 0 Å². The van der Waals surface area contributed by atoms with Gasteiger partial charge in [-0.2, -0.15) is 4.79 Å². The molecule has 0 saturated heterocycles. The van der Waals surface area contributed by atoms with E-state index in [2.05, 4.69) is 15.7 Å². The molecular weight excluding hydrogens is 188 g/mol. The Bertz CT molecular complexity index is 338. The van der Waals surface area contributed by atoms with Gasteiger partial charge in [-0.05, 0) is 43.2 Å². The molecule has 2 aliphatic rings. The van der Waals surface area contributed by atoms with Crippen LogP contribution in [0.25, 0.3) is 0 Å². The van der Waals surface area contributed by atoms with Gasteiger partial charge in [0.05, 0.1) is 11.4 Å². The van der Waals surface area contributed by atoms with Crippen molar-refractivity contribution >= 4 is 0 Å². The van der Waals surface area contributed by atoms with E-state index >= 15 is 0 Å². The van der Waals surface area contributed by atoms with Crippen LogP contribution in [0.15, 0.2) is 0 Å². The lowest BCUT2D eigenvalue weighted by Crippen LogP contribution is -2.23. The van der Waals surface area contributed by atoms with Gasteiger partial charge in [0.2, 0.25) is 0 Å². The summed E-state index contributed by atoms with van der Waals surface area (Å²) in [6, 6.07) is 0. The standard InChI is InChI=1S/C11H18N4/c1-2-5-9(4-1)8-12-15-11-7-3-6-10(11)13-14-15/h9,12H,1-8H2. The quantitative estimate of drug-likeness (QED) is 0.815. The molecule has 1 heterocycles. The van der Waals surface area contributed by atoms with Crippen LogP contribution < -0.4 is 5.43 Å². The molecule has 4 heteroatoms. The second-order valence-corrected chi connectivity index (χ2v) is 4.76. The van der Waals surface area contributed by atoms with Gasteiger partial charge in [-0.25, -0.2) is 0 Å². The maximum absolute atomic E-state index is 4.19. The molecule has 0 radical (unpaired) electrons. The van der Waals surface area contributed by atoms with Crippen LogP contribution in [0.1, 0.15) is 43.5 Å². The number of hydrogen-bond donors (Lipinski definition) is 1. The average Bonchev–Trinajstić information content (AvgIpc) is 2.93. The summed E-state index contributed by atoms with van der Waals surface area (Å²) >= 11 is 0. The van der Waals surface area contributed by atoms with Gasteiger partial charge in [-0.15, -0.1) is 5.10 Å². The smallest absolute Gasteiger partial charge is 0.0881 e. The largest absolute Gasteiger partial charge is 0.308 e. The predicted molar refractivity (Wildman–Crippen MR) is 58.2 cm³/mol. The Morgan fingerprint density at radius 2 is 2.07 bits per heavy atom. The van der Waals surface area contributed by atoms with Crippen LogP contribution in [0.2, 0.25) is 0 Å². The number of rotatable bonds is 3. The highest BCUT2D eigenvalue weighted by molar-refractivity contribution is 5.16. The highest BCUT2D eigenvalue weighted by Gasteiger charge is 2.20. The fourth-order valence-corrected chi connectivity index (χ4v) is 2.76. The second kappa shape index (κ2) is 3.83. The summed E-state index contributed by atoms with van der Waals surface area (Å²) in [4.78, 5) is 1.92. The van der Waals surface area contributed by atoms with Gasteiger partial charge in [0, 0.05) is 6.54 Å². The van der Waals surface area contributed by atoms with Crippen LogP contribution >= 0.6 is 0 Å². The second-order valence-electron chi connectivity index (χ2n) is 4.76.